The summed E-state index contributed by atoms with van der Waals surface area (Å²) >= 11 is 12.2. The Morgan fingerprint density at radius 3 is 2.62 bits per heavy atom. The lowest BCUT2D eigenvalue weighted by Crippen LogP contribution is -2.13. The first-order valence-corrected chi connectivity index (χ1v) is 8.44. The molecule has 3 aromatic rings. The van der Waals surface area contributed by atoms with Crippen LogP contribution >= 0.6 is 23.2 Å². The van der Waals surface area contributed by atoms with Gasteiger partial charge >= 0.3 is 0 Å². The van der Waals surface area contributed by atoms with Gasteiger partial charge in [0.2, 0.25) is 0 Å². The summed E-state index contributed by atoms with van der Waals surface area (Å²) in [5.74, 6) is 0.275. The van der Waals surface area contributed by atoms with Crippen molar-refractivity contribution in [2.24, 2.45) is 0 Å². The van der Waals surface area contributed by atoms with Crippen LogP contribution in [0.5, 0.6) is 5.75 Å². The maximum absolute atomic E-state index is 12.5. The summed E-state index contributed by atoms with van der Waals surface area (Å²) < 4.78 is 5.24. The molecular weight excluding hydrogens is 373 g/mol. The number of aromatic nitrogens is 1. The minimum atomic E-state index is -0.303. The van der Waals surface area contributed by atoms with Crippen molar-refractivity contribution in [2.45, 2.75) is 0 Å². The van der Waals surface area contributed by atoms with Gasteiger partial charge in [0.15, 0.2) is 0 Å². The Morgan fingerprint density at radius 2 is 1.81 bits per heavy atom. The Kier molecular flexibility index (Phi) is 5.61. The number of nitrogens with zero attached hydrogens (tertiary/aromatic N) is 1. The molecule has 0 atom stereocenters. The highest BCUT2D eigenvalue weighted by Gasteiger charge is 2.11. The molecule has 0 unspecified atom stereocenters. The smallest absolute Gasteiger partial charge is 0.257 e. The predicted molar refractivity (Wildman–Crippen MR) is 105 cm³/mol. The summed E-state index contributed by atoms with van der Waals surface area (Å²) in [4.78, 5) is 16.6. The summed E-state index contributed by atoms with van der Waals surface area (Å²) in [7, 11) is 1.55. The van der Waals surface area contributed by atoms with Crippen molar-refractivity contribution in [2.75, 3.05) is 17.7 Å². The van der Waals surface area contributed by atoms with E-state index in [-0.39, 0.29) is 5.91 Å². The lowest BCUT2D eigenvalue weighted by molar-refractivity contribution is 0.102. The van der Waals surface area contributed by atoms with E-state index in [0.29, 0.717) is 38.4 Å². The maximum atomic E-state index is 12.5. The number of rotatable bonds is 5. The summed E-state index contributed by atoms with van der Waals surface area (Å²) in [5, 5.41) is 6.76. The largest absolute Gasteiger partial charge is 0.495 e. The average Bonchev–Trinajstić information content (AvgIpc) is 2.66. The number of carbonyl (C=O) groups is 1. The van der Waals surface area contributed by atoms with E-state index in [1.165, 1.54) is 6.20 Å². The van der Waals surface area contributed by atoms with Crippen LogP contribution in [0, 0.1) is 0 Å². The van der Waals surface area contributed by atoms with Crippen molar-refractivity contribution >= 4 is 46.2 Å². The van der Waals surface area contributed by atoms with Gasteiger partial charge in [-0.25, -0.2) is 0 Å². The van der Waals surface area contributed by atoms with Gasteiger partial charge in [-0.05, 0) is 30.3 Å². The van der Waals surface area contributed by atoms with E-state index >= 15 is 0 Å². The fourth-order valence-corrected chi connectivity index (χ4v) is 2.68. The molecule has 26 heavy (non-hydrogen) atoms. The molecule has 1 aromatic heterocycles. The predicted octanol–water partition coefficient (Wildman–Crippen LogP) is 5.39. The van der Waals surface area contributed by atoms with Crippen LogP contribution in [0.15, 0.2) is 60.9 Å². The van der Waals surface area contributed by atoms with Crippen LogP contribution in [0.4, 0.5) is 17.1 Å². The van der Waals surface area contributed by atoms with Gasteiger partial charge in [-0.1, -0.05) is 41.4 Å². The lowest BCUT2D eigenvalue weighted by Gasteiger charge is -2.12. The fourth-order valence-electron chi connectivity index (χ4n) is 2.33. The first kappa shape index (κ1) is 18.0. The molecule has 7 heteroatoms. The van der Waals surface area contributed by atoms with E-state index < -0.39 is 0 Å². The minimum absolute atomic E-state index is 0.303. The van der Waals surface area contributed by atoms with Crippen LogP contribution in [-0.4, -0.2) is 18.0 Å². The first-order chi connectivity index (χ1) is 12.6. The third-order valence-corrected chi connectivity index (χ3v) is 4.41. The van der Waals surface area contributed by atoms with Crippen LogP contribution in [-0.2, 0) is 0 Å². The molecule has 0 aliphatic carbocycles. The van der Waals surface area contributed by atoms with Gasteiger partial charge in [-0.2, -0.15) is 0 Å². The quantitative estimate of drug-likeness (QED) is 0.615. The highest BCUT2D eigenvalue weighted by Crippen LogP contribution is 2.31. The van der Waals surface area contributed by atoms with Crippen molar-refractivity contribution in [3.63, 3.8) is 0 Å². The van der Waals surface area contributed by atoms with Crippen molar-refractivity contribution in [3.05, 3.63) is 76.5 Å². The normalized spacial score (nSPS) is 10.3. The molecule has 1 amide bonds. The second-order valence-corrected chi connectivity index (χ2v) is 6.13. The number of amides is 1. The highest BCUT2D eigenvalue weighted by atomic mass is 35.5. The topological polar surface area (TPSA) is 63.2 Å². The molecular formula is C19H15Cl2N3O2. The van der Waals surface area contributed by atoms with Gasteiger partial charge in [-0.3, -0.25) is 9.78 Å². The van der Waals surface area contributed by atoms with Crippen molar-refractivity contribution in [3.8, 4) is 5.75 Å². The van der Waals surface area contributed by atoms with E-state index in [4.69, 9.17) is 27.9 Å². The van der Waals surface area contributed by atoms with Gasteiger partial charge in [0, 0.05) is 6.20 Å². The molecule has 0 aliphatic heterocycles. The molecule has 5 nitrogen and oxygen atoms in total. The third kappa shape index (κ3) is 4.07. The Morgan fingerprint density at radius 1 is 1.04 bits per heavy atom. The number of carbonyl (C=O) groups excluding carboxylic acids is 1. The highest BCUT2D eigenvalue weighted by molar-refractivity contribution is 6.43. The molecule has 3 rings (SSSR count). The third-order valence-electron chi connectivity index (χ3n) is 3.59. The van der Waals surface area contributed by atoms with E-state index in [2.05, 4.69) is 15.6 Å². The Hall–Kier alpha value is -2.76. The molecule has 0 fully saturated rings. The zero-order valence-corrected chi connectivity index (χ0v) is 15.3. The zero-order valence-electron chi connectivity index (χ0n) is 13.8. The number of anilines is 3. The van der Waals surface area contributed by atoms with Crippen molar-refractivity contribution in [1.82, 2.24) is 4.98 Å². The minimum Gasteiger partial charge on any atom is -0.495 e. The number of methoxy groups -OCH3 is 1. The van der Waals surface area contributed by atoms with E-state index in [0.717, 1.165) is 0 Å². The summed E-state index contributed by atoms with van der Waals surface area (Å²) in [6.07, 6.45) is 3.08. The SMILES string of the molecule is COc1ccccc1NC(=O)c1cncc(Nc2cccc(Cl)c2Cl)c1. The number of nitrogens with one attached hydrogen (secondary N) is 2. The average molecular weight is 388 g/mol. The Labute approximate surface area is 160 Å². The van der Waals surface area contributed by atoms with Crippen molar-refractivity contribution < 1.29 is 9.53 Å². The molecule has 0 saturated heterocycles. The molecule has 0 radical (unpaired) electrons. The van der Waals surface area contributed by atoms with Crippen molar-refractivity contribution in [1.29, 1.82) is 0 Å². The molecule has 0 aliphatic rings. The van der Waals surface area contributed by atoms with Gasteiger partial charge < -0.3 is 15.4 Å². The van der Waals surface area contributed by atoms with E-state index in [1.54, 1.807) is 49.7 Å². The summed E-state index contributed by atoms with van der Waals surface area (Å²) in [6, 6.07) is 14.1. The van der Waals surface area contributed by atoms with E-state index in [1.807, 2.05) is 12.1 Å². The summed E-state index contributed by atoms with van der Waals surface area (Å²) in [5.41, 5.74) is 2.21. The molecule has 0 spiro atoms. The number of halogens is 2. The zero-order chi connectivity index (χ0) is 18.5. The van der Waals surface area contributed by atoms with E-state index in [9.17, 15) is 4.79 Å². The second-order valence-electron chi connectivity index (χ2n) is 5.34. The second kappa shape index (κ2) is 8.08. The number of hydrogen-bond donors (Lipinski definition) is 2. The van der Waals surface area contributed by atoms with Crippen LogP contribution in [0.1, 0.15) is 10.4 Å². The lowest BCUT2D eigenvalue weighted by atomic mass is 10.2. The standard InChI is InChI=1S/C19H15Cl2N3O2/c1-26-17-8-3-2-6-15(17)24-19(25)12-9-13(11-22-10-12)23-16-7-4-5-14(20)18(16)21/h2-11,23H,1H3,(H,24,25). The molecule has 2 aromatic carbocycles. The van der Waals surface area contributed by atoms with Gasteiger partial charge in [-0.15, -0.1) is 0 Å². The number of pyridine rings is 1. The summed E-state index contributed by atoms with van der Waals surface area (Å²) in [6.45, 7) is 0. The Bertz CT molecular complexity index is 948. The Balaban J connectivity index is 1.80. The maximum Gasteiger partial charge on any atom is 0.257 e. The number of benzene rings is 2. The molecule has 2 N–H and O–H groups in total. The van der Waals surface area contributed by atoms with Gasteiger partial charge in [0.25, 0.3) is 5.91 Å². The molecule has 0 bridgehead atoms. The van der Waals surface area contributed by atoms with Crippen LogP contribution in [0.3, 0.4) is 0 Å². The molecule has 132 valence electrons. The van der Waals surface area contributed by atoms with Crippen LogP contribution in [0.2, 0.25) is 10.0 Å². The number of hydrogen-bond acceptors (Lipinski definition) is 4. The van der Waals surface area contributed by atoms with Crippen LogP contribution in [0.25, 0.3) is 0 Å². The monoisotopic (exact) mass is 387 g/mol. The number of para-hydroxylation sites is 2. The van der Waals surface area contributed by atoms with Gasteiger partial charge in [0.05, 0.1) is 46.0 Å². The van der Waals surface area contributed by atoms with Crippen LogP contribution < -0.4 is 15.4 Å². The van der Waals surface area contributed by atoms with Gasteiger partial charge in [0.1, 0.15) is 5.75 Å². The fraction of sp³-hybridized carbons (Fsp3) is 0.0526. The number of ether oxygens (including phenoxy) is 1. The first-order valence-electron chi connectivity index (χ1n) is 7.69. The molecule has 0 saturated carbocycles. The molecule has 1 heterocycles.